The quantitative estimate of drug-likeness (QED) is 0.579. The van der Waals surface area contributed by atoms with Crippen LogP contribution in [0, 0.1) is 5.82 Å². The molecular weight excluding hydrogens is 379 g/mol. The number of aromatic nitrogens is 1. The van der Waals surface area contributed by atoms with E-state index in [0.717, 1.165) is 11.6 Å². The highest BCUT2D eigenvalue weighted by atomic mass is 32.2. The number of sulfonamides is 1. The highest BCUT2D eigenvalue weighted by molar-refractivity contribution is 7.89. The van der Waals surface area contributed by atoms with Crippen molar-refractivity contribution >= 4 is 10.0 Å². The zero-order valence-electron chi connectivity index (χ0n) is 15.5. The first-order valence-corrected chi connectivity index (χ1v) is 10.2. The second-order valence-electron chi connectivity index (χ2n) is 6.19. The first-order chi connectivity index (χ1) is 13.5. The van der Waals surface area contributed by atoms with Gasteiger partial charge in [0, 0.05) is 12.7 Å². The topological polar surface area (TPSA) is 59.5 Å². The molecular formula is C21H21FN2O3S. The monoisotopic (exact) mass is 400 g/mol. The summed E-state index contributed by atoms with van der Waals surface area (Å²) in [5, 5.41) is 0. The van der Waals surface area contributed by atoms with E-state index in [2.05, 4.69) is 4.98 Å². The first-order valence-electron chi connectivity index (χ1n) is 8.78. The van der Waals surface area contributed by atoms with Crippen molar-refractivity contribution in [3.63, 3.8) is 0 Å². The molecule has 7 heteroatoms. The van der Waals surface area contributed by atoms with E-state index in [1.165, 1.54) is 23.5 Å². The highest BCUT2D eigenvalue weighted by Crippen LogP contribution is 2.28. The van der Waals surface area contributed by atoms with Crippen molar-refractivity contribution in [1.82, 2.24) is 9.29 Å². The van der Waals surface area contributed by atoms with E-state index in [9.17, 15) is 12.8 Å². The highest BCUT2D eigenvalue weighted by Gasteiger charge is 2.28. The Hall–Kier alpha value is -2.77. The number of rotatable bonds is 8. The summed E-state index contributed by atoms with van der Waals surface area (Å²) < 4.78 is 47.0. The van der Waals surface area contributed by atoms with Gasteiger partial charge in [-0.2, -0.15) is 4.31 Å². The molecule has 3 rings (SSSR count). The molecule has 0 aliphatic rings. The van der Waals surface area contributed by atoms with Gasteiger partial charge in [0.25, 0.3) is 0 Å². The first kappa shape index (κ1) is 20.0. The number of hydrogen-bond donors (Lipinski definition) is 0. The minimum atomic E-state index is -4.01. The molecule has 0 saturated carbocycles. The van der Waals surface area contributed by atoms with Crippen LogP contribution < -0.4 is 4.74 Å². The Morgan fingerprint density at radius 1 is 1.04 bits per heavy atom. The Labute approximate surface area is 164 Å². The zero-order valence-corrected chi connectivity index (χ0v) is 16.3. The van der Waals surface area contributed by atoms with Crippen LogP contribution in [0.1, 0.15) is 11.3 Å². The Bertz CT molecular complexity index is 1010. The van der Waals surface area contributed by atoms with Crippen molar-refractivity contribution < 1.29 is 17.5 Å². The molecule has 5 nitrogen and oxygen atoms in total. The molecule has 0 unspecified atom stereocenters. The largest absolute Gasteiger partial charge is 0.495 e. The van der Waals surface area contributed by atoms with Crippen molar-refractivity contribution in [3.8, 4) is 5.75 Å². The predicted octanol–water partition coefficient (Wildman–Crippen LogP) is 3.66. The van der Waals surface area contributed by atoms with Crippen LogP contribution in [0.15, 0.2) is 77.8 Å². The number of benzene rings is 2. The SMILES string of the molecule is COc1ccc(F)cc1S(=O)(=O)N(CCc1ccccc1)Cc1ccccn1. The third-order valence-electron chi connectivity index (χ3n) is 4.30. The summed E-state index contributed by atoms with van der Waals surface area (Å²) in [6.45, 7) is 0.304. The molecule has 3 aromatic rings. The standard InChI is InChI=1S/C21H21FN2O3S/c1-27-20-11-10-18(22)15-21(20)28(25,26)24(16-19-9-5-6-13-23-19)14-12-17-7-3-2-4-8-17/h2-11,13,15H,12,14,16H2,1H3. The van der Waals surface area contributed by atoms with Gasteiger partial charge >= 0.3 is 0 Å². The molecule has 0 spiro atoms. The fraction of sp³-hybridized carbons (Fsp3) is 0.190. The van der Waals surface area contributed by atoms with E-state index >= 15 is 0 Å². The number of pyridine rings is 1. The van der Waals surface area contributed by atoms with Crippen LogP contribution in [-0.4, -0.2) is 31.4 Å². The van der Waals surface area contributed by atoms with E-state index in [4.69, 9.17) is 4.74 Å². The van der Waals surface area contributed by atoms with Gasteiger partial charge in [0.2, 0.25) is 10.0 Å². The number of nitrogens with zero attached hydrogens (tertiary/aromatic N) is 2. The summed E-state index contributed by atoms with van der Waals surface area (Å²) in [6.07, 6.45) is 2.13. The van der Waals surface area contributed by atoms with E-state index < -0.39 is 15.8 Å². The molecule has 0 bridgehead atoms. The number of methoxy groups -OCH3 is 1. The Balaban J connectivity index is 1.95. The number of halogens is 1. The van der Waals surface area contributed by atoms with E-state index in [1.807, 2.05) is 30.3 Å². The average Bonchev–Trinajstić information content (AvgIpc) is 2.72. The maximum atomic E-state index is 13.8. The van der Waals surface area contributed by atoms with Crippen molar-refractivity contribution in [2.24, 2.45) is 0 Å². The van der Waals surface area contributed by atoms with E-state index in [1.54, 1.807) is 24.4 Å². The molecule has 146 valence electrons. The molecule has 1 aromatic heterocycles. The normalized spacial score (nSPS) is 11.5. The van der Waals surface area contributed by atoms with E-state index in [0.29, 0.717) is 12.1 Å². The molecule has 0 fully saturated rings. The van der Waals surface area contributed by atoms with Crippen molar-refractivity contribution in [2.45, 2.75) is 17.9 Å². The van der Waals surface area contributed by atoms with Crippen LogP contribution in [0.2, 0.25) is 0 Å². The van der Waals surface area contributed by atoms with Crippen molar-refractivity contribution in [2.75, 3.05) is 13.7 Å². The summed E-state index contributed by atoms with van der Waals surface area (Å²) in [5.41, 5.74) is 1.62. The second kappa shape index (κ2) is 8.95. The lowest BCUT2D eigenvalue weighted by Gasteiger charge is -2.23. The summed E-state index contributed by atoms with van der Waals surface area (Å²) >= 11 is 0. The Kier molecular flexibility index (Phi) is 6.38. The van der Waals surface area contributed by atoms with Gasteiger partial charge in [0.05, 0.1) is 19.3 Å². The minimum Gasteiger partial charge on any atom is -0.495 e. The zero-order chi connectivity index (χ0) is 20.0. The number of ether oxygens (including phenoxy) is 1. The third kappa shape index (κ3) is 4.74. The van der Waals surface area contributed by atoms with Crippen LogP contribution in [0.4, 0.5) is 4.39 Å². The summed E-state index contributed by atoms with van der Waals surface area (Å²) in [5.74, 6) is -0.535. The lowest BCUT2D eigenvalue weighted by molar-refractivity contribution is 0.383. The minimum absolute atomic E-state index is 0.0790. The van der Waals surface area contributed by atoms with Gasteiger partial charge in [-0.1, -0.05) is 36.4 Å². The average molecular weight is 400 g/mol. The third-order valence-corrected chi connectivity index (χ3v) is 6.17. The second-order valence-corrected chi connectivity index (χ2v) is 8.10. The lowest BCUT2D eigenvalue weighted by Crippen LogP contribution is -2.33. The molecule has 0 saturated heterocycles. The van der Waals surface area contributed by atoms with Crippen LogP contribution in [0.5, 0.6) is 5.75 Å². The van der Waals surface area contributed by atoms with E-state index in [-0.39, 0.29) is 23.7 Å². The Morgan fingerprint density at radius 3 is 2.46 bits per heavy atom. The van der Waals surface area contributed by atoms with Crippen LogP contribution in [0.3, 0.4) is 0 Å². The van der Waals surface area contributed by atoms with Crippen LogP contribution in [-0.2, 0) is 23.0 Å². The number of hydrogen-bond acceptors (Lipinski definition) is 4. The molecule has 0 aliphatic carbocycles. The molecule has 0 radical (unpaired) electrons. The van der Waals surface area contributed by atoms with Crippen LogP contribution >= 0.6 is 0 Å². The lowest BCUT2D eigenvalue weighted by atomic mass is 10.1. The van der Waals surface area contributed by atoms with Gasteiger partial charge in [0.1, 0.15) is 16.5 Å². The smallest absolute Gasteiger partial charge is 0.247 e. The van der Waals surface area contributed by atoms with Gasteiger partial charge in [-0.05, 0) is 42.3 Å². The van der Waals surface area contributed by atoms with Crippen molar-refractivity contribution in [3.05, 3.63) is 90.0 Å². The predicted molar refractivity (Wildman–Crippen MR) is 105 cm³/mol. The van der Waals surface area contributed by atoms with Gasteiger partial charge in [-0.3, -0.25) is 4.98 Å². The Morgan fingerprint density at radius 2 is 1.79 bits per heavy atom. The molecule has 1 heterocycles. The molecule has 0 N–H and O–H groups in total. The maximum absolute atomic E-state index is 13.8. The summed E-state index contributed by atoms with van der Waals surface area (Å²) in [6, 6.07) is 18.4. The molecule has 28 heavy (non-hydrogen) atoms. The van der Waals surface area contributed by atoms with Gasteiger partial charge in [0.15, 0.2) is 0 Å². The van der Waals surface area contributed by atoms with Crippen molar-refractivity contribution in [1.29, 1.82) is 0 Å². The summed E-state index contributed by atoms with van der Waals surface area (Å²) in [4.78, 5) is 4.03. The van der Waals surface area contributed by atoms with Gasteiger partial charge in [-0.15, -0.1) is 0 Å². The fourth-order valence-corrected chi connectivity index (χ4v) is 4.43. The van der Waals surface area contributed by atoms with Gasteiger partial charge < -0.3 is 4.74 Å². The molecule has 0 aliphatic heterocycles. The molecule has 0 amide bonds. The fourth-order valence-electron chi connectivity index (χ4n) is 2.85. The van der Waals surface area contributed by atoms with Gasteiger partial charge in [-0.25, -0.2) is 12.8 Å². The maximum Gasteiger partial charge on any atom is 0.247 e. The summed E-state index contributed by atoms with van der Waals surface area (Å²) in [7, 11) is -2.65. The molecule has 0 atom stereocenters. The van der Waals surface area contributed by atoms with Crippen LogP contribution in [0.25, 0.3) is 0 Å². The molecule has 2 aromatic carbocycles.